The minimum atomic E-state index is 0.442. The summed E-state index contributed by atoms with van der Waals surface area (Å²) in [5.74, 6) is 0.584. The van der Waals surface area contributed by atoms with E-state index in [9.17, 15) is 0 Å². The Hall–Kier alpha value is -1.16. The van der Waals surface area contributed by atoms with Gasteiger partial charge in [0, 0.05) is 20.4 Å². The second-order valence-electron chi connectivity index (χ2n) is 4.41. The highest BCUT2D eigenvalue weighted by atomic mass is 79.9. The maximum absolute atomic E-state index is 6.26. The monoisotopic (exact) mass is 366 g/mol. The van der Waals surface area contributed by atoms with Crippen molar-refractivity contribution in [2.75, 3.05) is 0 Å². The van der Waals surface area contributed by atoms with Gasteiger partial charge in [0.2, 0.25) is 0 Å². The van der Waals surface area contributed by atoms with Crippen LogP contribution in [-0.2, 0) is 0 Å². The van der Waals surface area contributed by atoms with Crippen molar-refractivity contribution in [3.8, 4) is 11.4 Å². The van der Waals surface area contributed by atoms with Crippen LogP contribution in [0.3, 0.4) is 0 Å². The maximum Gasteiger partial charge on any atom is 0.161 e. The first-order valence-electron chi connectivity index (χ1n) is 5.94. The molecule has 0 spiro atoms. The van der Waals surface area contributed by atoms with Crippen LogP contribution in [0.1, 0.15) is 5.56 Å². The third-order valence-corrected chi connectivity index (χ3v) is 4.31. The van der Waals surface area contributed by atoms with Crippen molar-refractivity contribution >= 4 is 50.0 Å². The summed E-state index contributed by atoms with van der Waals surface area (Å²) in [5.41, 5.74) is 2.63. The summed E-state index contributed by atoms with van der Waals surface area (Å²) >= 11 is 15.8. The van der Waals surface area contributed by atoms with Crippen LogP contribution in [0.15, 0.2) is 40.9 Å². The Morgan fingerprint density at radius 1 is 1.05 bits per heavy atom. The van der Waals surface area contributed by atoms with Crippen LogP contribution in [0.4, 0.5) is 0 Å². The summed E-state index contributed by atoms with van der Waals surface area (Å²) in [6.45, 7) is 1.94. The lowest BCUT2D eigenvalue weighted by Crippen LogP contribution is -1.94. The van der Waals surface area contributed by atoms with Crippen LogP contribution in [0, 0.1) is 6.92 Å². The second-order valence-corrected chi connectivity index (χ2v) is 6.09. The SMILES string of the molecule is Cc1c(Cl)cccc1-c1nc(Cl)c2ccc(Br)cc2n1. The Morgan fingerprint density at radius 2 is 1.85 bits per heavy atom. The molecule has 2 aromatic carbocycles. The van der Waals surface area contributed by atoms with Crippen LogP contribution >= 0.6 is 39.1 Å². The highest BCUT2D eigenvalue weighted by molar-refractivity contribution is 9.10. The van der Waals surface area contributed by atoms with E-state index in [4.69, 9.17) is 23.2 Å². The minimum absolute atomic E-state index is 0.442. The third-order valence-electron chi connectivity index (χ3n) is 3.12. The largest absolute Gasteiger partial charge is 0.228 e. The quantitative estimate of drug-likeness (QED) is 0.517. The standard InChI is InChI=1S/C15H9BrCl2N2/c1-8-10(3-2-4-12(8)17)15-19-13-7-9(16)5-6-11(13)14(18)20-15/h2-7H,1H3. The molecule has 0 radical (unpaired) electrons. The van der Waals surface area contributed by atoms with Crippen LogP contribution in [-0.4, -0.2) is 9.97 Å². The Bertz CT molecular complexity index is 818. The zero-order chi connectivity index (χ0) is 14.3. The van der Waals surface area contributed by atoms with Crippen LogP contribution < -0.4 is 0 Å². The number of halogens is 3. The van der Waals surface area contributed by atoms with Gasteiger partial charge in [-0.2, -0.15) is 0 Å². The van der Waals surface area contributed by atoms with Gasteiger partial charge in [0.1, 0.15) is 5.15 Å². The number of nitrogens with zero attached hydrogens (tertiary/aromatic N) is 2. The van der Waals surface area contributed by atoms with E-state index in [-0.39, 0.29) is 0 Å². The molecule has 100 valence electrons. The van der Waals surface area contributed by atoms with E-state index in [1.165, 1.54) is 0 Å². The van der Waals surface area contributed by atoms with E-state index < -0.39 is 0 Å². The highest BCUT2D eigenvalue weighted by Crippen LogP contribution is 2.30. The van der Waals surface area contributed by atoms with Gasteiger partial charge in [-0.15, -0.1) is 0 Å². The van der Waals surface area contributed by atoms with Crippen molar-refractivity contribution in [1.82, 2.24) is 9.97 Å². The van der Waals surface area contributed by atoms with Crippen LogP contribution in [0.25, 0.3) is 22.3 Å². The average molecular weight is 368 g/mol. The first-order valence-corrected chi connectivity index (χ1v) is 7.49. The molecule has 0 aliphatic carbocycles. The van der Waals surface area contributed by atoms with E-state index in [1.807, 2.05) is 43.3 Å². The number of aromatic nitrogens is 2. The Labute approximate surface area is 134 Å². The van der Waals surface area contributed by atoms with Gasteiger partial charge >= 0.3 is 0 Å². The van der Waals surface area contributed by atoms with Gasteiger partial charge in [-0.3, -0.25) is 0 Å². The fourth-order valence-corrected chi connectivity index (χ4v) is 2.80. The Kier molecular flexibility index (Phi) is 3.67. The zero-order valence-corrected chi connectivity index (χ0v) is 13.6. The third kappa shape index (κ3) is 2.41. The number of fused-ring (bicyclic) bond motifs is 1. The lowest BCUT2D eigenvalue weighted by Gasteiger charge is -2.08. The molecule has 0 fully saturated rings. The predicted octanol–water partition coefficient (Wildman–Crippen LogP) is 5.67. The van der Waals surface area contributed by atoms with Crippen molar-refractivity contribution in [2.45, 2.75) is 6.92 Å². The first kappa shape index (κ1) is 13.8. The molecule has 2 nitrogen and oxygen atoms in total. The molecular formula is C15H9BrCl2N2. The van der Waals surface area contributed by atoms with Crippen LogP contribution in [0.2, 0.25) is 10.2 Å². The fourth-order valence-electron chi connectivity index (χ4n) is 2.03. The summed E-state index contributed by atoms with van der Waals surface area (Å²) in [7, 11) is 0. The lowest BCUT2D eigenvalue weighted by molar-refractivity contribution is 1.21. The molecule has 0 aliphatic rings. The Morgan fingerprint density at radius 3 is 2.65 bits per heavy atom. The van der Waals surface area contributed by atoms with Crippen molar-refractivity contribution in [2.24, 2.45) is 0 Å². The van der Waals surface area contributed by atoms with Gasteiger partial charge in [-0.25, -0.2) is 9.97 Å². The molecule has 0 unspecified atom stereocenters. The van der Waals surface area contributed by atoms with Gasteiger partial charge in [0.05, 0.1) is 5.52 Å². The number of benzene rings is 2. The predicted molar refractivity (Wildman–Crippen MR) is 87.4 cm³/mol. The Balaban J connectivity index is 2.29. The molecule has 20 heavy (non-hydrogen) atoms. The summed E-state index contributed by atoms with van der Waals surface area (Å²) in [6.07, 6.45) is 0. The molecule has 1 aromatic heterocycles. The molecule has 0 bridgehead atoms. The van der Waals surface area contributed by atoms with E-state index in [0.29, 0.717) is 16.0 Å². The second kappa shape index (κ2) is 5.32. The molecule has 5 heteroatoms. The van der Waals surface area contributed by atoms with E-state index >= 15 is 0 Å². The highest BCUT2D eigenvalue weighted by Gasteiger charge is 2.11. The van der Waals surface area contributed by atoms with Gasteiger partial charge < -0.3 is 0 Å². The molecule has 3 aromatic rings. The molecule has 1 heterocycles. The molecule has 0 saturated carbocycles. The number of hydrogen-bond acceptors (Lipinski definition) is 2. The molecule has 0 atom stereocenters. The smallest absolute Gasteiger partial charge is 0.161 e. The number of rotatable bonds is 1. The van der Waals surface area contributed by atoms with Gasteiger partial charge in [-0.1, -0.05) is 51.3 Å². The topological polar surface area (TPSA) is 25.8 Å². The fraction of sp³-hybridized carbons (Fsp3) is 0.0667. The summed E-state index contributed by atoms with van der Waals surface area (Å²) in [4.78, 5) is 8.97. The summed E-state index contributed by atoms with van der Waals surface area (Å²) in [6, 6.07) is 11.4. The normalized spacial score (nSPS) is 11.0. The minimum Gasteiger partial charge on any atom is -0.228 e. The van der Waals surface area contributed by atoms with Gasteiger partial charge in [0.15, 0.2) is 5.82 Å². The van der Waals surface area contributed by atoms with Crippen molar-refractivity contribution in [3.05, 3.63) is 56.6 Å². The number of hydrogen-bond donors (Lipinski definition) is 0. The van der Waals surface area contributed by atoms with Crippen LogP contribution in [0.5, 0.6) is 0 Å². The lowest BCUT2D eigenvalue weighted by atomic mass is 10.1. The molecular weight excluding hydrogens is 359 g/mol. The van der Waals surface area contributed by atoms with Crippen molar-refractivity contribution < 1.29 is 0 Å². The van der Waals surface area contributed by atoms with E-state index in [0.717, 1.165) is 26.5 Å². The molecule has 0 saturated heterocycles. The summed E-state index contributed by atoms with van der Waals surface area (Å²) < 4.78 is 0.952. The maximum atomic E-state index is 6.26. The summed E-state index contributed by atoms with van der Waals surface area (Å²) in [5, 5.41) is 1.96. The van der Waals surface area contributed by atoms with E-state index in [2.05, 4.69) is 25.9 Å². The van der Waals surface area contributed by atoms with E-state index in [1.54, 1.807) is 0 Å². The zero-order valence-electron chi connectivity index (χ0n) is 10.5. The molecule has 0 N–H and O–H groups in total. The van der Waals surface area contributed by atoms with Crippen molar-refractivity contribution in [1.29, 1.82) is 0 Å². The average Bonchev–Trinajstić information content (AvgIpc) is 2.41. The molecule has 0 aliphatic heterocycles. The van der Waals surface area contributed by atoms with Gasteiger partial charge in [0.25, 0.3) is 0 Å². The first-order chi connectivity index (χ1) is 9.56. The van der Waals surface area contributed by atoms with Gasteiger partial charge in [-0.05, 0) is 36.8 Å². The molecule has 0 amide bonds. The molecule has 3 rings (SSSR count). The van der Waals surface area contributed by atoms with Crippen molar-refractivity contribution in [3.63, 3.8) is 0 Å².